The lowest BCUT2D eigenvalue weighted by Gasteiger charge is -2.02. The molecule has 0 aliphatic carbocycles. The molecule has 0 radical (unpaired) electrons. The summed E-state index contributed by atoms with van der Waals surface area (Å²) in [5.41, 5.74) is 7.07. The van der Waals surface area contributed by atoms with Crippen molar-refractivity contribution in [1.29, 1.82) is 0 Å². The molecule has 76 valence electrons. The van der Waals surface area contributed by atoms with Gasteiger partial charge in [-0.1, -0.05) is 0 Å². The lowest BCUT2D eigenvalue weighted by molar-refractivity contribution is 0.102. The first-order chi connectivity index (χ1) is 7.25. The zero-order valence-corrected chi connectivity index (χ0v) is 7.81. The molecule has 0 saturated heterocycles. The normalized spacial score (nSPS) is 9.87. The lowest BCUT2D eigenvalue weighted by Crippen LogP contribution is -2.11. The van der Waals surface area contributed by atoms with Crippen LogP contribution in [0.4, 0.5) is 11.4 Å². The maximum absolute atomic E-state index is 11.5. The summed E-state index contributed by atoms with van der Waals surface area (Å²) in [6.45, 7) is 0. The van der Waals surface area contributed by atoms with Crippen LogP contribution < -0.4 is 11.1 Å². The van der Waals surface area contributed by atoms with Gasteiger partial charge in [0.2, 0.25) is 0 Å². The number of hydrogen-bond donors (Lipinski definition) is 2. The second kappa shape index (κ2) is 3.83. The number of nitrogens with one attached hydrogen (secondary N) is 1. The monoisotopic (exact) mass is 203 g/mol. The van der Waals surface area contributed by atoms with Crippen LogP contribution in [0.5, 0.6) is 0 Å². The van der Waals surface area contributed by atoms with Crippen molar-refractivity contribution in [2.45, 2.75) is 0 Å². The molecular weight excluding hydrogens is 194 g/mol. The predicted molar refractivity (Wildman–Crippen MR) is 55.3 cm³/mol. The summed E-state index contributed by atoms with van der Waals surface area (Å²) < 4.78 is 4.70. The molecule has 0 fully saturated rings. The zero-order valence-electron chi connectivity index (χ0n) is 7.81. The van der Waals surface area contributed by atoms with E-state index in [9.17, 15) is 4.79 Å². The van der Waals surface area contributed by atoms with E-state index in [1.54, 1.807) is 24.3 Å². The van der Waals surface area contributed by atoms with Crippen molar-refractivity contribution in [3.8, 4) is 0 Å². The predicted octanol–water partition coefficient (Wildman–Crippen LogP) is 1.51. The number of nitrogens with two attached hydrogens (primary N) is 1. The molecule has 0 aliphatic rings. The Bertz CT molecular complexity index is 448. The molecule has 0 aliphatic heterocycles. The van der Waals surface area contributed by atoms with E-state index in [0.29, 0.717) is 11.4 Å². The van der Waals surface area contributed by atoms with Crippen LogP contribution in [-0.2, 0) is 0 Å². The third-order valence-corrected chi connectivity index (χ3v) is 1.83. The smallest absolute Gasteiger partial charge is 0.277 e. The van der Waals surface area contributed by atoms with Gasteiger partial charge in [0.15, 0.2) is 12.1 Å². The van der Waals surface area contributed by atoms with Gasteiger partial charge in [-0.3, -0.25) is 4.79 Å². The topological polar surface area (TPSA) is 81.1 Å². The quantitative estimate of drug-likeness (QED) is 0.725. The molecule has 1 aromatic heterocycles. The number of amides is 1. The number of aromatic nitrogens is 1. The SMILES string of the molecule is Nc1ccc(NC(=O)c2cocn2)cc1. The van der Waals surface area contributed by atoms with E-state index in [0.717, 1.165) is 0 Å². The number of anilines is 2. The van der Waals surface area contributed by atoms with Gasteiger partial charge in [-0.15, -0.1) is 0 Å². The second-order valence-electron chi connectivity index (χ2n) is 2.95. The van der Waals surface area contributed by atoms with E-state index in [4.69, 9.17) is 10.2 Å². The van der Waals surface area contributed by atoms with E-state index in [1.165, 1.54) is 12.7 Å². The highest BCUT2D eigenvalue weighted by atomic mass is 16.3. The standard InChI is InChI=1S/C10H9N3O2/c11-7-1-3-8(4-2-7)13-10(14)9-5-15-6-12-9/h1-6H,11H2,(H,13,14). The van der Waals surface area contributed by atoms with E-state index >= 15 is 0 Å². The van der Waals surface area contributed by atoms with E-state index in [2.05, 4.69) is 10.3 Å². The summed E-state index contributed by atoms with van der Waals surface area (Å²) in [6.07, 6.45) is 2.49. The van der Waals surface area contributed by atoms with Crippen LogP contribution in [0.25, 0.3) is 0 Å². The van der Waals surface area contributed by atoms with Crippen molar-refractivity contribution in [3.05, 3.63) is 42.6 Å². The van der Waals surface area contributed by atoms with Gasteiger partial charge in [0.05, 0.1) is 0 Å². The van der Waals surface area contributed by atoms with Crippen LogP contribution in [0.1, 0.15) is 10.5 Å². The fourth-order valence-electron chi connectivity index (χ4n) is 1.09. The molecule has 15 heavy (non-hydrogen) atoms. The number of carbonyl (C=O) groups is 1. The second-order valence-corrected chi connectivity index (χ2v) is 2.95. The van der Waals surface area contributed by atoms with Gasteiger partial charge in [-0.25, -0.2) is 4.98 Å². The first kappa shape index (κ1) is 9.26. The molecule has 3 N–H and O–H groups in total. The van der Waals surface area contributed by atoms with Crippen LogP contribution in [0.2, 0.25) is 0 Å². The Labute approximate surface area is 85.9 Å². The Morgan fingerprint density at radius 1 is 1.33 bits per heavy atom. The first-order valence-electron chi connectivity index (χ1n) is 4.31. The van der Waals surface area contributed by atoms with Crippen molar-refractivity contribution < 1.29 is 9.21 Å². The number of oxazole rings is 1. The van der Waals surface area contributed by atoms with E-state index in [-0.39, 0.29) is 11.6 Å². The first-order valence-corrected chi connectivity index (χ1v) is 4.31. The fraction of sp³-hybridized carbons (Fsp3) is 0. The van der Waals surface area contributed by atoms with Gasteiger partial charge in [0, 0.05) is 11.4 Å². The molecule has 0 spiro atoms. The molecule has 1 heterocycles. The van der Waals surface area contributed by atoms with Gasteiger partial charge in [-0.2, -0.15) is 0 Å². The Balaban J connectivity index is 2.09. The highest BCUT2D eigenvalue weighted by Gasteiger charge is 2.08. The van der Waals surface area contributed by atoms with Crippen molar-refractivity contribution in [2.75, 3.05) is 11.1 Å². The molecule has 5 heteroatoms. The Kier molecular flexibility index (Phi) is 2.37. The third kappa shape index (κ3) is 2.14. The molecule has 1 aromatic carbocycles. The number of nitrogen functional groups attached to an aromatic ring is 1. The number of hydrogen-bond acceptors (Lipinski definition) is 4. The molecular formula is C10H9N3O2. The Morgan fingerprint density at radius 3 is 2.67 bits per heavy atom. The molecule has 1 amide bonds. The maximum Gasteiger partial charge on any atom is 0.277 e. The third-order valence-electron chi connectivity index (χ3n) is 1.83. The lowest BCUT2D eigenvalue weighted by atomic mass is 10.3. The van der Waals surface area contributed by atoms with Crippen LogP contribution in [0.3, 0.4) is 0 Å². The van der Waals surface area contributed by atoms with Crippen molar-refractivity contribution in [2.24, 2.45) is 0 Å². The van der Waals surface area contributed by atoms with Crippen molar-refractivity contribution in [3.63, 3.8) is 0 Å². The highest BCUT2D eigenvalue weighted by molar-refractivity contribution is 6.02. The summed E-state index contributed by atoms with van der Waals surface area (Å²) in [6, 6.07) is 6.84. The summed E-state index contributed by atoms with van der Waals surface area (Å²) in [4.78, 5) is 15.2. The molecule has 0 saturated carbocycles. The van der Waals surface area contributed by atoms with Crippen LogP contribution in [-0.4, -0.2) is 10.9 Å². The fourth-order valence-corrected chi connectivity index (χ4v) is 1.09. The van der Waals surface area contributed by atoms with Crippen LogP contribution in [0.15, 0.2) is 41.3 Å². The van der Waals surface area contributed by atoms with Gasteiger partial charge in [-0.05, 0) is 24.3 Å². The van der Waals surface area contributed by atoms with E-state index in [1.807, 2.05) is 0 Å². The van der Waals surface area contributed by atoms with Crippen molar-refractivity contribution in [1.82, 2.24) is 4.98 Å². The average molecular weight is 203 g/mol. The summed E-state index contributed by atoms with van der Waals surface area (Å²) in [5, 5.41) is 2.65. The maximum atomic E-state index is 11.5. The van der Waals surface area contributed by atoms with Gasteiger partial charge < -0.3 is 15.5 Å². The van der Waals surface area contributed by atoms with Crippen LogP contribution in [0, 0.1) is 0 Å². The zero-order chi connectivity index (χ0) is 10.7. The van der Waals surface area contributed by atoms with Gasteiger partial charge in [0.1, 0.15) is 6.26 Å². The van der Waals surface area contributed by atoms with Crippen molar-refractivity contribution >= 4 is 17.3 Å². The number of nitrogens with zero attached hydrogens (tertiary/aromatic N) is 1. The molecule has 5 nitrogen and oxygen atoms in total. The minimum atomic E-state index is -0.312. The molecule has 2 aromatic rings. The molecule has 0 bridgehead atoms. The minimum Gasteiger partial charge on any atom is -0.451 e. The highest BCUT2D eigenvalue weighted by Crippen LogP contribution is 2.11. The van der Waals surface area contributed by atoms with Gasteiger partial charge in [0.25, 0.3) is 5.91 Å². The molecule has 2 rings (SSSR count). The summed E-state index contributed by atoms with van der Waals surface area (Å²) in [7, 11) is 0. The largest absolute Gasteiger partial charge is 0.451 e. The average Bonchev–Trinajstić information content (AvgIpc) is 2.74. The molecule has 0 unspecified atom stereocenters. The van der Waals surface area contributed by atoms with E-state index < -0.39 is 0 Å². The van der Waals surface area contributed by atoms with Crippen LogP contribution >= 0.6 is 0 Å². The number of rotatable bonds is 2. The summed E-state index contributed by atoms with van der Waals surface area (Å²) in [5.74, 6) is -0.312. The van der Waals surface area contributed by atoms with Gasteiger partial charge >= 0.3 is 0 Å². The summed E-state index contributed by atoms with van der Waals surface area (Å²) >= 11 is 0. The molecule has 0 atom stereocenters. The Hall–Kier alpha value is -2.30. The number of benzene rings is 1. The number of carbonyl (C=O) groups excluding carboxylic acids is 1. The minimum absolute atomic E-state index is 0.242. The Morgan fingerprint density at radius 2 is 2.07 bits per heavy atom.